The van der Waals surface area contributed by atoms with Gasteiger partial charge >= 0.3 is 0 Å². The van der Waals surface area contributed by atoms with E-state index in [1.807, 2.05) is 11.8 Å². The lowest BCUT2D eigenvalue weighted by Gasteiger charge is -2.35. The summed E-state index contributed by atoms with van der Waals surface area (Å²) in [6, 6.07) is -0.463. The Hall–Kier alpha value is -0.890. The third kappa shape index (κ3) is 5.60. The Bertz CT molecular complexity index is 391. The summed E-state index contributed by atoms with van der Waals surface area (Å²) >= 11 is 0. The molecule has 7 nitrogen and oxygen atoms in total. The number of carbonyl (C=O) groups is 2. The van der Waals surface area contributed by atoms with E-state index >= 15 is 0 Å². The minimum absolute atomic E-state index is 0. The number of likely N-dealkylation sites (N-methyl/N-ethyl adjacent to an activating group) is 1. The maximum absolute atomic E-state index is 12.5. The van der Waals surface area contributed by atoms with E-state index in [0.717, 1.165) is 19.4 Å². The highest BCUT2D eigenvalue weighted by Gasteiger charge is 2.33. The van der Waals surface area contributed by atoms with Gasteiger partial charge < -0.3 is 25.0 Å². The van der Waals surface area contributed by atoms with Crippen LogP contribution in [0.15, 0.2) is 0 Å². The van der Waals surface area contributed by atoms with Crippen LogP contribution >= 0.6 is 12.4 Å². The van der Waals surface area contributed by atoms with Crippen LogP contribution in [0.25, 0.3) is 0 Å². The second-order valence-electron chi connectivity index (χ2n) is 5.83. The van der Waals surface area contributed by atoms with Gasteiger partial charge in [-0.15, -0.1) is 12.4 Å². The SMILES string of the molecule is CCN(CCO)C(=O)CC1NCCN(CC2CCCO2)C1=O.Cl. The summed E-state index contributed by atoms with van der Waals surface area (Å²) in [6.45, 7) is 5.43. The van der Waals surface area contributed by atoms with Crippen LogP contribution in [0.1, 0.15) is 26.2 Å². The number of carbonyl (C=O) groups excluding carboxylic acids is 2. The van der Waals surface area contributed by atoms with E-state index in [2.05, 4.69) is 5.32 Å². The topological polar surface area (TPSA) is 82.1 Å². The molecule has 2 N–H and O–H groups in total. The van der Waals surface area contributed by atoms with Gasteiger partial charge in [-0.2, -0.15) is 0 Å². The minimum Gasteiger partial charge on any atom is -0.395 e. The highest BCUT2D eigenvalue weighted by Crippen LogP contribution is 2.15. The van der Waals surface area contributed by atoms with E-state index in [0.29, 0.717) is 32.7 Å². The molecule has 2 aliphatic heterocycles. The normalized spacial score (nSPS) is 24.4. The molecule has 0 spiro atoms. The third-order valence-corrected chi connectivity index (χ3v) is 4.31. The monoisotopic (exact) mass is 349 g/mol. The summed E-state index contributed by atoms with van der Waals surface area (Å²) in [5.41, 5.74) is 0. The van der Waals surface area contributed by atoms with E-state index in [4.69, 9.17) is 9.84 Å². The Morgan fingerprint density at radius 3 is 2.91 bits per heavy atom. The number of hydrogen-bond donors (Lipinski definition) is 2. The van der Waals surface area contributed by atoms with E-state index < -0.39 is 6.04 Å². The fourth-order valence-corrected chi connectivity index (χ4v) is 3.05. The maximum atomic E-state index is 12.5. The smallest absolute Gasteiger partial charge is 0.240 e. The predicted molar refractivity (Wildman–Crippen MR) is 88.5 cm³/mol. The Balaban J connectivity index is 0.00000264. The zero-order chi connectivity index (χ0) is 15.9. The van der Waals surface area contributed by atoms with Gasteiger partial charge in [0.15, 0.2) is 0 Å². The van der Waals surface area contributed by atoms with E-state index in [1.165, 1.54) is 0 Å². The first-order valence-corrected chi connectivity index (χ1v) is 8.18. The molecule has 134 valence electrons. The van der Waals surface area contributed by atoms with Crippen molar-refractivity contribution in [1.29, 1.82) is 0 Å². The van der Waals surface area contributed by atoms with Crippen LogP contribution in [0.3, 0.4) is 0 Å². The summed E-state index contributed by atoms with van der Waals surface area (Å²) in [5.74, 6) is -0.114. The van der Waals surface area contributed by atoms with Crippen LogP contribution in [-0.2, 0) is 14.3 Å². The van der Waals surface area contributed by atoms with Gasteiger partial charge in [-0.05, 0) is 19.8 Å². The van der Waals surface area contributed by atoms with Crippen molar-refractivity contribution in [3.63, 3.8) is 0 Å². The van der Waals surface area contributed by atoms with Crippen molar-refractivity contribution < 1.29 is 19.4 Å². The molecule has 0 bridgehead atoms. The predicted octanol–water partition coefficient (Wildman–Crippen LogP) is -0.381. The van der Waals surface area contributed by atoms with Gasteiger partial charge in [0, 0.05) is 39.3 Å². The highest BCUT2D eigenvalue weighted by atomic mass is 35.5. The fraction of sp³-hybridized carbons (Fsp3) is 0.867. The molecule has 0 radical (unpaired) electrons. The number of rotatable bonds is 7. The molecule has 0 aromatic heterocycles. The molecular formula is C15H28ClN3O4. The van der Waals surface area contributed by atoms with Crippen LogP contribution < -0.4 is 5.32 Å². The van der Waals surface area contributed by atoms with Crippen LogP contribution in [0, 0.1) is 0 Å². The summed E-state index contributed by atoms with van der Waals surface area (Å²) in [7, 11) is 0. The zero-order valence-corrected chi connectivity index (χ0v) is 14.5. The molecule has 0 aliphatic carbocycles. The Morgan fingerprint density at radius 2 is 2.30 bits per heavy atom. The van der Waals surface area contributed by atoms with Crippen LogP contribution in [0.2, 0.25) is 0 Å². The molecule has 8 heteroatoms. The van der Waals surface area contributed by atoms with Crippen LogP contribution in [0.5, 0.6) is 0 Å². The molecule has 2 atom stereocenters. The zero-order valence-electron chi connectivity index (χ0n) is 13.7. The number of nitrogens with zero attached hydrogens (tertiary/aromatic N) is 2. The quantitative estimate of drug-likeness (QED) is 0.654. The molecule has 2 unspecified atom stereocenters. The second-order valence-corrected chi connectivity index (χ2v) is 5.83. The highest BCUT2D eigenvalue weighted by molar-refractivity contribution is 5.89. The number of halogens is 1. The van der Waals surface area contributed by atoms with Crippen molar-refractivity contribution >= 4 is 24.2 Å². The van der Waals surface area contributed by atoms with Crippen molar-refractivity contribution in [3.05, 3.63) is 0 Å². The lowest BCUT2D eigenvalue weighted by molar-refractivity contribution is -0.142. The van der Waals surface area contributed by atoms with Gasteiger partial charge in [0.2, 0.25) is 11.8 Å². The molecule has 2 heterocycles. The lowest BCUT2D eigenvalue weighted by Crippen LogP contribution is -2.57. The number of hydrogen-bond acceptors (Lipinski definition) is 5. The van der Waals surface area contributed by atoms with Gasteiger partial charge in [0.05, 0.1) is 25.2 Å². The molecule has 2 aliphatic rings. The summed E-state index contributed by atoms with van der Waals surface area (Å²) in [4.78, 5) is 28.1. The Kier molecular flexibility index (Phi) is 8.83. The van der Waals surface area contributed by atoms with Gasteiger partial charge in [-0.25, -0.2) is 0 Å². The number of aliphatic hydroxyl groups excluding tert-OH is 1. The fourth-order valence-electron chi connectivity index (χ4n) is 3.05. The summed E-state index contributed by atoms with van der Waals surface area (Å²) < 4.78 is 5.59. The molecule has 2 saturated heterocycles. The van der Waals surface area contributed by atoms with Gasteiger partial charge in [0.25, 0.3) is 0 Å². The standard InChI is InChI=1S/C15H27N3O4.ClH/c1-2-17(7-8-19)14(20)10-13-15(21)18(6-5-16-13)11-12-4-3-9-22-12;/h12-13,16,19H,2-11H2,1H3;1H. The average Bonchev–Trinajstić information content (AvgIpc) is 3.01. The number of amides is 2. The molecular weight excluding hydrogens is 322 g/mol. The van der Waals surface area contributed by atoms with Crippen LogP contribution in [0.4, 0.5) is 0 Å². The van der Waals surface area contributed by atoms with Crippen molar-refractivity contribution in [2.75, 3.05) is 45.9 Å². The van der Waals surface area contributed by atoms with E-state index in [9.17, 15) is 9.59 Å². The van der Waals surface area contributed by atoms with E-state index in [1.54, 1.807) is 4.90 Å². The third-order valence-electron chi connectivity index (χ3n) is 4.31. The molecule has 2 rings (SSSR count). The van der Waals surface area contributed by atoms with Gasteiger partial charge in [0.1, 0.15) is 0 Å². The molecule has 23 heavy (non-hydrogen) atoms. The first-order valence-electron chi connectivity index (χ1n) is 8.18. The first-order chi connectivity index (χ1) is 10.7. The second kappa shape index (κ2) is 10.1. The molecule has 0 aromatic rings. The van der Waals surface area contributed by atoms with Crippen LogP contribution in [-0.4, -0.2) is 84.8 Å². The average molecular weight is 350 g/mol. The summed E-state index contributed by atoms with van der Waals surface area (Å²) in [6.07, 6.45) is 2.34. The van der Waals surface area contributed by atoms with Gasteiger partial charge in [-0.3, -0.25) is 9.59 Å². The molecule has 2 fully saturated rings. The Morgan fingerprint density at radius 1 is 1.52 bits per heavy atom. The number of nitrogens with one attached hydrogen (secondary N) is 1. The molecule has 0 aromatic carbocycles. The first kappa shape index (κ1) is 20.2. The largest absolute Gasteiger partial charge is 0.395 e. The van der Waals surface area contributed by atoms with E-state index in [-0.39, 0.29) is 43.4 Å². The molecule has 2 amide bonds. The van der Waals surface area contributed by atoms with Crippen molar-refractivity contribution in [2.45, 2.75) is 38.3 Å². The minimum atomic E-state index is -0.463. The van der Waals surface area contributed by atoms with Gasteiger partial charge in [-0.1, -0.05) is 0 Å². The summed E-state index contributed by atoms with van der Waals surface area (Å²) in [5, 5.41) is 12.1. The number of piperazine rings is 1. The molecule has 0 saturated carbocycles. The maximum Gasteiger partial charge on any atom is 0.240 e. The Labute approximate surface area is 143 Å². The van der Waals surface area contributed by atoms with Crippen molar-refractivity contribution in [3.8, 4) is 0 Å². The lowest BCUT2D eigenvalue weighted by atomic mass is 10.1. The number of ether oxygens (including phenoxy) is 1. The van der Waals surface area contributed by atoms with Crippen molar-refractivity contribution in [1.82, 2.24) is 15.1 Å². The van der Waals surface area contributed by atoms with Crippen molar-refractivity contribution in [2.24, 2.45) is 0 Å². The number of aliphatic hydroxyl groups is 1.